The Bertz CT molecular complexity index is 247. The van der Waals surface area contributed by atoms with Gasteiger partial charge in [-0.1, -0.05) is 33.6 Å². The van der Waals surface area contributed by atoms with Gasteiger partial charge in [-0.25, -0.2) is 0 Å². The van der Waals surface area contributed by atoms with Crippen LogP contribution in [0.5, 0.6) is 0 Å². The lowest BCUT2D eigenvalue weighted by molar-refractivity contribution is -0.0432. The molecule has 2 aliphatic rings. The molecule has 0 amide bonds. The van der Waals surface area contributed by atoms with Gasteiger partial charge in [0.05, 0.1) is 18.3 Å². The fraction of sp³-hybridized carbons (Fsp3) is 1.00. The molecule has 2 heteroatoms. The molecule has 0 aromatic heterocycles. The van der Waals surface area contributed by atoms with E-state index in [0.29, 0.717) is 11.5 Å². The Morgan fingerprint density at radius 3 is 2.62 bits per heavy atom. The van der Waals surface area contributed by atoms with E-state index in [0.717, 1.165) is 12.5 Å². The molecule has 0 N–H and O–H groups in total. The molecule has 2 rings (SSSR count). The Morgan fingerprint density at radius 2 is 2.06 bits per heavy atom. The molecular formula is C14H26O2. The highest BCUT2D eigenvalue weighted by Gasteiger charge is 2.56. The van der Waals surface area contributed by atoms with E-state index in [1.165, 1.54) is 32.1 Å². The first-order valence-electron chi connectivity index (χ1n) is 6.76. The molecule has 2 saturated heterocycles. The van der Waals surface area contributed by atoms with Crippen LogP contribution >= 0.6 is 0 Å². The summed E-state index contributed by atoms with van der Waals surface area (Å²) in [6, 6.07) is 0. The molecule has 2 heterocycles. The molecular weight excluding hydrogens is 200 g/mol. The van der Waals surface area contributed by atoms with Crippen molar-refractivity contribution in [1.29, 1.82) is 0 Å². The van der Waals surface area contributed by atoms with Gasteiger partial charge in [-0.3, -0.25) is 0 Å². The third-order valence-electron chi connectivity index (χ3n) is 5.24. The maximum Gasteiger partial charge on any atom is 0.0923 e. The molecule has 2 nitrogen and oxygen atoms in total. The Labute approximate surface area is 99.7 Å². The first-order valence-corrected chi connectivity index (χ1v) is 6.76. The van der Waals surface area contributed by atoms with Crippen molar-refractivity contribution < 1.29 is 9.47 Å². The highest BCUT2D eigenvalue weighted by Crippen LogP contribution is 2.55. The molecule has 2 fully saturated rings. The third kappa shape index (κ3) is 1.80. The minimum Gasteiger partial charge on any atom is -0.382 e. The van der Waals surface area contributed by atoms with Gasteiger partial charge in [0.2, 0.25) is 0 Å². The maximum atomic E-state index is 6.24. The molecule has 0 radical (unpaired) electrons. The molecule has 94 valence electrons. The van der Waals surface area contributed by atoms with Crippen LogP contribution in [-0.2, 0) is 9.47 Å². The molecule has 3 atom stereocenters. The zero-order chi connectivity index (χ0) is 11.8. The topological polar surface area (TPSA) is 18.5 Å². The number of fused-ring (bicyclic) bond motifs is 2. The van der Waals surface area contributed by atoms with Gasteiger partial charge < -0.3 is 9.47 Å². The van der Waals surface area contributed by atoms with Crippen molar-refractivity contribution in [2.75, 3.05) is 13.7 Å². The Balaban J connectivity index is 2.11. The molecule has 3 unspecified atom stereocenters. The molecule has 0 saturated carbocycles. The lowest BCUT2D eigenvalue weighted by atomic mass is 9.65. The van der Waals surface area contributed by atoms with Crippen LogP contribution in [0, 0.1) is 11.3 Å². The first kappa shape index (κ1) is 12.4. The largest absolute Gasteiger partial charge is 0.382 e. The van der Waals surface area contributed by atoms with Gasteiger partial charge in [0, 0.05) is 7.11 Å². The summed E-state index contributed by atoms with van der Waals surface area (Å²) in [6.07, 6.45) is 6.67. The van der Waals surface area contributed by atoms with Gasteiger partial charge in [-0.15, -0.1) is 0 Å². The van der Waals surface area contributed by atoms with Crippen LogP contribution in [0.2, 0.25) is 0 Å². The minimum atomic E-state index is 0.0652. The fourth-order valence-electron chi connectivity index (χ4n) is 3.71. The van der Waals surface area contributed by atoms with Crippen LogP contribution in [0.3, 0.4) is 0 Å². The highest BCUT2D eigenvalue weighted by atomic mass is 16.6. The standard InChI is InChI=1S/C14H26O2/c1-5-13(3,6-2)11-9-14(10-15-4)8-7-12(11)16-14/h11-12H,5-10H2,1-4H3. The summed E-state index contributed by atoms with van der Waals surface area (Å²) >= 11 is 0. The summed E-state index contributed by atoms with van der Waals surface area (Å²) < 4.78 is 11.6. The van der Waals surface area contributed by atoms with Gasteiger partial charge >= 0.3 is 0 Å². The summed E-state index contributed by atoms with van der Waals surface area (Å²) in [5, 5.41) is 0. The van der Waals surface area contributed by atoms with Gasteiger partial charge in [-0.05, 0) is 30.6 Å². The Kier molecular flexibility index (Phi) is 3.33. The monoisotopic (exact) mass is 226 g/mol. The van der Waals surface area contributed by atoms with Crippen LogP contribution < -0.4 is 0 Å². The van der Waals surface area contributed by atoms with Crippen LogP contribution in [0.25, 0.3) is 0 Å². The van der Waals surface area contributed by atoms with E-state index in [1.54, 1.807) is 7.11 Å². The lowest BCUT2D eigenvalue weighted by Gasteiger charge is -2.38. The summed E-state index contributed by atoms with van der Waals surface area (Å²) in [4.78, 5) is 0. The van der Waals surface area contributed by atoms with E-state index in [1.807, 2.05) is 0 Å². The lowest BCUT2D eigenvalue weighted by Crippen LogP contribution is -2.37. The quantitative estimate of drug-likeness (QED) is 0.715. The molecule has 16 heavy (non-hydrogen) atoms. The SMILES string of the molecule is CCC(C)(CC)C1CC2(COC)CCC1O2. The molecule has 0 aliphatic carbocycles. The van der Waals surface area contributed by atoms with Crippen molar-refractivity contribution in [3.05, 3.63) is 0 Å². The third-order valence-corrected chi connectivity index (χ3v) is 5.24. The van der Waals surface area contributed by atoms with Crippen molar-refractivity contribution in [1.82, 2.24) is 0 Å². The number of rotatable bonds is 5. The van der Waals surface area contributed by atoms with E-state index in [2.05, 4.69) is 20.8 Å². The second-order valence-corrected chi connectivity index (χ2v) is 5.98. The summed E-state index contributed by atoms with van der Waals surface area (Å²) in [5.41, 5.74) is 0.524. The van der Waals surface area contributed by atoms with Crippen molar-refractivity contribution in [3.8, 4) is 0 Å². The number of methoxy groups -OCH3 is 1. The van der Waals surface area contributed by atoms with E-state index in [4.69, 9.17) is 9.47 Å². The number of ether oxygens (including phenoxy) is 2. The molecule has 0 aromatic rings. The molecule has 0 spiro atoms. The van der Waals surface area contributed by atoms with Crippen molar-refractivity contribution in [3.63, 3.8) is 0 Å². The predicted molar refractivity (Wildman–Crippen MR) is 65.5 cm³/mol. The van der Waals surface area contributed by atoms with E-state index < -0.39 is 0 Å². The van der Waals surface area contributed by atoms with Crippen LogP contribution in [0.4, 0.5) is 0 Å². The number of hydrogen-bond donors (Lipinski definition) is 0. The first-order chi connectivity index (χ1) is 7.59. The maximum absolute atomic E-state index is 6.24. The van der Waals surface area contributed by atoms with Crippen LogP contribution in [0.1, 0.15) is 52.9 Å². The van der Waals surface area contributed by atoms with Crippen LogP contribution in [0.15, 0.2) is 0 Å². The molecule has 0 aromatic carbocycles. The van der Waals surface area contributed by atoms with Gasteiger partial charge in [-0.2, -0.15) is 0 Å². The second kappa shape index (κ2) is 4.30. The van der Waals surface area contributed by atoms with E-state index in [9.17, 15) is 0 Å². The summed E-state index contributed by atoms with van der Waals surface area (Å²) in [6.45, 7) is 7.85. The van der Waals surface area contributed by atoms with E-state index >= 15 is 0 Å². The van der Waals surface area contributed by atoms with Crippen LogP contribution in [-0.4, -0.2) is 25.4 Å². The zero-order valence-electron chi connectivity index (χ0n) is 11.2. The van der Waals surface area contributed by atoms with Gasteiger partial charge in [0.15, 0.2) is 0 Å². The predicted octanol–water partition coefficient (Wildman–Crippen LogP) is 3.40. The second-order valence-electron chi connectivity index (χ2n) is 5.98. The van der Waals surface area contributed by atoms with Crippen molar-refractivity contribution in [2.24, 2.45) is 11.3 Å². The Hall–Kier alpha value is -0.0800. The van der Waals surface area contributed by atoms with Gasteiger partial charge in [0.25, 0.3) is 0 Å². The Morgan fingerprint density at radius 1 is 1.38 bits per heavy atom. The summed E-state index contributed by atoms with van der Waals surface area (Å²) in [5.74, 6) is 0.742. The average Bonchev–Trinajstić information content (AvgIpc) is 2.86. The average molecular weight is 226 g/mol. The molecule has 2 aliphatic heterocycles. The zero-order valence-corrected chi connectivity index (χ0v) is 11.2. The smallest absolute Gasteiger partial charge is 0.0923 e. The van der Waals surface area contributed by atoms with Crippen molar-refractivity contribution in [2.45, 2.75) is 64.6 Å². The van der Waals surface area contributed by atoms with Crippen molar-refractivity contribution >= 4 is 0 Å². The normalized spacial score (nSPS) is 38.2. The fourth-order valence-corrected chi connectivity index (χ4v) is 3.71. The molecule has 2 bridgehead atoms. The minimum absolute atomic E-state index is 0.0652. The highest BCUT2D eigenvalue weighted by molar-refractivity contribution is 5.04. The van der Waals surface area contributed by atoms with Gasteiger partial charge in [0.1, 0.15) is 0 Å². The number of hydrogen-bond acceptors (Lipinski definition) is 2. The van der Waals surface area contributed by atoms with E-state index in [-0.39, 0.29) is 5.60 Å². The summed E-state index contributed by atoms with van der Waals surface area (Å²) in [7, 11) is 1.79.